The summed E-state index contributed by atoms with van der Waals surface area (Å²) in [4.78, 5) is 4.68. The molecule has 1 aromatic carbocycles. The Hall–Kier alpha value is -2.12. The van der Waals surface area contributed by atoms with Crippen LogP contribution in [0.1, 0.15) is 55.7 Å². The first-order chi connectivity index (χ1) is 12.2. The number of benzene rings is 1. The van der Waals surface area contributed by atoms with Gasteiger partial charge in [-0.25, -0.2) is 0 Å². The Labute approximate surface area is 150 Å². The van der Waals surface area contributed by atoms with Crippen molar-refractivity contribution in [3.63, 3.8) is 0 Å². The maximum absolute atomic E-state index is 5.74. The minimum Gasteiger partial charge on any atom is -0.376 e. The Morgan fingerprint density at radius 3 is 2.76 bits per heavy atom. The summed E-state index contributed by atoms with van der Waals surface area (Å²) in [5.74, 6) is 12.8. The maximum Gasteiger partial charge on any atom is 0.111 e. The topological polar surface area (TPSA) is 60.0 Å². The van der Waals surface area contributed by atoms with Gasteiger partial charge in [0.2, 0.25) is 0 Å². The molecule has 1 aliphatic heterocycles. The normalized spacial score (nSPS) is 21.6. The number of nitrogens with two attached hydrogens (primary N) is 1. The van der Waals surface area contributed by atoms with E-state index >= 15 is 0 Å². The minimum absolute atomic E-state index is 0.226. The number of hydrogen-bond donors (Lipinski definition) is 1. The number of aryl methyl sites for hydroxylation is 1. The van der Waals surface area contributed by atoms with Crippen molar-refractivity contribution in [1.29, 1.82) is 0 Å². The third kappa shape index (κ3) is 4.93. The molecule has 4 nitrogen and oxygen atoms in total. The van der Waals surface area contributed by atoms with E-state index in [9.17, 15) is 0 Å². The Morgan fingerprint density at radius 1 is 1.28 bits per heavy atom. The van der Waals surface area contributed by atoms with E-state index in [0.29, 0.717) is 12.5 Å². The van der Waals surface area contributed by atoms with Crippen molar-refractivity contribution in [1.82, 2.24) is 0 Å². The lowest BCUT2D eigenvalue weighted by molar-refractivity contribution is 0.0225. The van der Waals surface area contributed by atoms with Gasteiger partial charge in [-0.2, -0.15) is 5.10 Å². The van der Waals surface area contributed by atoms with Gasteiger partial charge in [-0.1, -0.05) is 17.9 Å². The van der Waals surface area contributed by atoms with E-state index in [2.05, 4.69) is 34.9 Å². The third-order valence-electron chi connectivity index (χ3n) is 4.76. The Morgan fingerprint density at radius 2 is 2.12 bits per heavy atom. The molecule has 2 aliphatic rings. The highest BCUT2D eigenvalue weighted by Crippen LogP contribution is 2.27. The summed E-state index contributed by atoms with van der Waals surface area (Å²) < 4.78 is 5.74. The van der Waals surface area contributed by atoms with Crippen LogP contribution in [0.5, 0.6) is 0 Å². The second-order valence-corrected chi connectivity index (χ2v) is 6.97. The quantitative estimate of drug-likeness (QED) is 0.396. The molecule has 0 bridgehead atoms. The minimum atomic E-state index is 0.226. The molecule has 0 radical (unpaired) electrons. The zero-order chi connectivity index (χ0) is 17.6. The molecule has 2 fully saturated rings. The molecule has 0 spiro atoms. The molecule has 1 saturated carbocycles. The third-order valence-corrected chi connectivity index (χ3v) is 4.76. The summed E-state index contributed by atoms with van der Waals surface area (Å²) in [7, 11) is 0. The SMILES string of the molecule is CC(=NCC1CCCCO1)/C(=N\N)c1ccc(C#CC2CC2)cc1C. The fourth-order valence-electron chi connectivity index (χ4n) is 3.04. The Kier molecular flexibility index (Phi) is 5.88. The van der Waals surface area contributed by atoms with Crippen molar-refractivity contribution in [2.75, 3.05) is 13.2 Å². The standard InChI is InChI=1S/C21H27N3O/c1-15-13-18(9-8-17-6-7-17)10-11-20(15)21(24-22)16(2)23-14-19-5-3-4-12-25-19/h10-11,13,17,19H,3-7,12,14,22H2,1-2H3/b23-16?,24-21+. The smallest absolute Gasteiger partial charge is 0.111 e. The first kappa shape index (κ1) is 17.7. The van der Waals surface area contributed by atoms with Crippen LogP contribution in [-0.4, -0.2) is 30.7 Å². The monoisotopic (exact) mass is 337 g/mol. The van der Waals surface area contributed by atoms with Crippen LogP contribution in [-0.2, 0) is 4.74 Å². The summed E-state index contributed by atoms with van der Waals surface area (Å²) in [6.45, 7) is 5.56. The van der Waals surface area contributed by atoms with Gasteiger partial charge in [-0.3, -0.25) is 4.99 Å². The number of hydrazone groups is 1. The molecule has 3 rings (SSSR count). The number of ether oxygens (including phenoxy) is 1. The second kappa shape index (κ2) is 8.31. The van der Waals surface area contributed by atoms with Gasteiger partial charge < -0.3 is 10.6 Å². The highest BCUT2D eigenvalue weighted by molar-refractivity contribution is 6.47. The predicted molar refractivity (Wildman–Crippen MR) is 103 cm³/mol. The molecule has 25 heavy (non-hydrogen) atoms. The maximum atomic E-state index is 5.74. The van der Waals surface area contributed by atoms with Crippen LogP contribution in [0.4, 0.5) is 0 Å². The van der Waals surface area contributed by atoms with Gasteiger partial charge in [0.15, 0.2) is 0 Å². The molecule has 0 aromatic heterocycles. The van der Waals surface area contributed by atoms with Crippen LogP contribution < -0.4 is 5.84 Å². The van der Waals surface area contributed by atoms with Crippen molar-refractivity contribution in [2.24, 2.45) is 21.9 Å². The van der Waals surface area contributed by atoms with Crippen LogP contribution in [0.3, 0.4) is 0 Å². The first-order valence-electron chi connectivity index (χ1n) is 9.21. The largest absolute Gasteiger partial charge is 0.376 e. The molecular formula is C21H27N3O. The predicted octanol–water partition coefficient (Wildman–Crippen LogP) is 3.45. The fourth-order valence-corrected chi connectivity index (χ4v) is 3.04. The van der Waals surface area contributed by atoms with Gasteiger partial charge in [0.25, 0.3) is 0 Å². The van der Waals surface area contributed by atoms with Crippen molar-refractivity contribution >= 4 is 11.4 Å². The molecule has 1 aromatic rings. The first-order valence-corrected chi connectivity index (χ1v) is 9.21. The average molecular weight is 337 g/mol. The van der Waals surface area contributed by atoms with Crippen LogP contribution in [0.2, 0.25) is 0 Å². The lowest BCUT2D eigenvalue weighted by Gasteiger charge is -2.21. The molecule has 4 heteroatoms. The van der Waals surface area contributed by atoms with Crippen LogP contribution >= 0.6 is 0 Å². The van der Waals surface area contributed by atoms with E-state index in [-0.39, 0.29) is 6.10 Å². The van der Waals surface area contributed by atoms with Crippen LogP contribution in [0.15, 0.2) is 28.3 Å². The molecule has 2 N–H and O–H groups in total. The summed E-state index contributed by atoms with van der Waals surface area (Å²) in [5.41, 5.74) is 4.79. The van der Waals surface area contributed by atoms with Gasteiger partial charge in [-0.15, -0.1) is 0 Å². The zero-order valence-electron chi connectivity index (χ0n) is 15.2. The molecule has 1 heterocycles. The van der Waals surface area contributed by atoms with Gasteiger partial charge in [0.05, 0.1) is 18.4 Å². The number of aliphatic imine (C=N–C) groups is 1. The summed E-state index contributed by atoms with van der Waals surface area (Å²) in [6.07, 6.45) is 6.18. The summed E-state index contributed by atoms with van der Waals surface area (Å²) in [6, 6.07) is 6.20. The molecule has 1 aliphatic carbocycles. The van der Waals surface area contributed by atoms with E-state index in [0.717, 1.165) is 47.6 Å². The fraction of sp³-hybridized carbons (Fsp3) is 0.524. The van der Waals surface area contributed by atoms with E-state index in [1.54, 1.807) is 0 Å². The molecule has 132 valence electrons. The highest BCUT2D eigenvalue weighted by atomic mass is 16.5. The van der Waals surface area contributed by atoms with Crippen molar-refractivity contribution in [3.8, 4) is 11.8 Å². The molecule has 1 atom stereocenters. The van der Waals surface area contributed by atoms with Crippen LogP contribution in [0.25, 0.3) is 0 Å². The highest BCUT2D eigenvalue weighted by Gasteiger charge is 2.18. The lowest BCUT2D eigenvalue weighted by atomic mass is 9.99. The van der Waals surface area contributed by atoms with Gasteiger partial charge in [0.1, 0.15) is 5.71 Å². The second-order valence-electron chi connectivity index (χ2n) is 6.97. The molecule has 0 amide bonds. The van der Waals surface area contributed by atoms with Gasteiger partial charge in [-0.05, 0) is 63.6 Å². The van der Waals surface area contributed by atoms with Crippen molar-refractivity contribution in [2.45, 2.75) is 52.1 Å². The van der Waals surface area contributed by atoms with Gasteiger partial charge >= 0.3 is 0 Å². The summed E-state index contributed by atoms with van der Waals surface area (Å²) >= 11 is 0. The Balaban J connectivity index is 1.72. The zero-order valence-corrected chi connectivity index (χ0v) is 15.2. The van der Waals surface area contributed by atoms with E-state index in [1.807, 2.05) is 19.1 Å². The van der Waals surface area contributed by atoms with E-state index in [1.165, 1.54) is 19.3 Å². The van der Waals surface area contributed by atoms with Crippen LogP contribution in [0, 0.1) is 24.7 Å². The number of rotatable bonds is 4. The molecular weight excluding hydrogens is 310 g/mol. The molecule has 1 saturated heterocycles. The summed E-state index contributed by atoms with van der Waals surface area (Å²) in [5, 5.41) is 4.01. The van der Waals surface area contributed by atoms with Crippen molar-refractivity contribution in [3.05, 3.63) is 34.9 Å². The molecule has 1 unspecified atom stereocenters. The van der Waals surface area contributed by atoms with E-state index in [4.69, 9.17) is 10.6 Å². The lowest BCUT2D eigenvalue weighted by Crippen LogP contribution is -2.24. The average Bonchev–Trinajstić information content (AvgIpc) is 3.46. The van der Waals surface area contributed by atoms with Gasteiger partial charge in [0, 0.05) is 23.7 Å². The Bertz CT molecular complexity index is 729. The van der Waals surface area contributed by atoms with Crippen molar-refractivity contribution < 1.29 is 4.74 Å². The number of nitrogens with zero attached hydrogens (tertiary/aromatic N) is 2. The van der Waals surface area contributed by atoms with E-state index < -0.39 is 0 Å². The number of hydrogen-bond acceptors (Lipinski definition) is 4.